The fourth-order valence-corrected chi connectivity index (χ4v) is 5.86. The van der Waals surface area contributed by atoms with Crippen molar-refractivity contribution >= 4 is 68.5 Å². The largest absolute Gasteiger partial charge is 0.463 e. The fraction of sp³-hybridized carbons (Fsp3) is 0.417. The van der Waals surface area contributed by atoms with Gasteiger partial charge in [-0.1, -0.05) is 28.6 Å². The molecule has 0 N–H and O–H groups in total. The van der Waals surface area contributed by atoms with E-state index in [9.17, 15) is 19.6 Å². The molecule has 0 aromatic carbocycles. The summed E-state index contributed by atoms with van der Waals surface area (Å²) in [6.45, 7) is 4.96. The zero-order valence-electron chi connectivity index (χ0n) is 22.1. The quantitative estimate of drug-likeness (QED) is 0.109. The van der Waals surface area contributed by atoms with Gasteiger partial charge in [0.1, 0.15) is 46.2 Å². The number of rotatable bonds is 13. The molecular formula is C24H24BrClN6O7S2. The molecule has 3 aromatic heterocycles. The molecule has 0 saturated heterocycles. The fourth-order valence-electron chi connectivity index (χ4n) is 3.34. The third-order valence-corrected chi connectivity index (χ3v) is 7.86. The number of nitriles is 1. The highest BCUT2D eigenvalue weighted by molar-refractivity contribution is 9.10. The van der Waals surface area contributed by atoms with Crippen LogP contribution < -0.4 is 0 Å². The minimum absolute atomic E-state index is 0.0328. The molecule has 17 heteroatoms. The first kappa shape index (κ1) is 32.4. The summed E-state index contributed by atoms with van der Waals surface area (Å²) in [6.07, 6.45) is 0.203. The van der Waals surface area contributed by atoms with E-state index >= 15 is 0 Å². The van der Waals surface area contributed by atoms with Crippen LogP contribution in [0.15, 0.2) is 33.2 Å². The Morgan fingerprint density at radius 3 is 2.54 bits per heavy atom. The summed E-state index contributed by atoms with van der Waals surface area (Å²) in [4.78, 5) is 44.2. The van der Waals surface area contributed by atoms with Gasteiger partial charge in [-0.25, -0.2) is 14.6 Å². The number of nitrogens with zero attached hydrogens (tertiary/aromatic N) is 6. The molecule has 0 bridgehead atoms. The monoisotopic (exact) mass is 686 g/mol. The molecule has 41 heavy (non-hydrogen) atoms. The first-order valence-electron chi connectivity index (χ1n) is 11.8. The molecule has 0 fully saturated rings. The Morgan fingerprint density at radius 1 is 1.20 bits per heavy atom. The minimum Gasteiger partial charge on any atom is -0.463 e. The number of thioether (sulfide) groups is 1. The normalized spacial score (nSPS) is 13.9. The predicted octanol–water partition coefficient (Wildman–Crippen LogP) is 4.03. The molecule has 0 saturated carbocycles. The summed E-state index contributed by atoms with van der Waals surface area (Å²) >= 11 is 11.6. The maximum absolute atomic E-state index is 12.2. The van der Waals surface area contributed by atoms with Crippen LogP contribution in [0.5, 0.6) is 0 Å². The zero-order valence-corrected chi connectivity index (χ0v) is 26.1. The predicted molar refractivity (Wildman–Crippen MR) is 151 cm³/mol. The van der Waals surface area contributed by atoms with Crippen molar-refractivity contribution in [1.29, 1.82) is 5.26 Å². The number of hydrogen-bond acceptors (Lipinski definition) is 14. The number of halogens is 2. The summed E-state index contributed by atoms with van der Waals surface area (Å²) in [5, 5.41) is 20.4. The van der Waals surface area contributed by atoms with Gasteiger partial charge in [-0.15, -0.1) is 16.4 Å². The Morgan fingerprint density at radius 2 is 1.93 bits per heavy atom. The maximum atomic E-state index is 12.2. The average molecular weight is 688 g/mol. The van der Waals surface area contributed by atoms with Gasteiger partial charge in [0, 0.05) is 41.7 Å². The number of ether oxygens (including phenoxy) is 4. The van der Waals surface area contributed by atoms with E-state index in [-0.39, 0.29) is 18.8 Å². The lowest BCUT2D eigenvalue weighted by atomic mass is 10.2. The van der Waals surface area contributed by atoms with Crippen LogP contribution in [0.1, 0.15) is 33.4 Å². The number of aromatic nitrogens is 5. The van der Waals surface area contributed by atoms with E-state index in [1.165, 1.54) is 43.0 Å². The SMILES string of the molecule is CC(=O)OCC(OC(Sc1cc(Br)cnc1C#N)[C@H](Cn1cc(-c2nc(Cl)cs2)nn1)OC(C)=O)[C@@H](C)OC(C)=O. The number of thiazole rings is 1. The highest BCUT2D eigenvalue weighted by Gasteiger charge is 2.34. The first-order valence-corrected chi connectivity index (χ1v) is 14.7. The Balaban J connectivity index is 2.00. The van der Waals surface area contributed by atoms with Crippen LogP contribution in [0.25, 0.3) is 10.7 Å². The van der Waals surface area contributed by atoms with Crippen LogP contribution in [0, 0.1) is 11.3 Å². The molecular weight excluding hydrogens is 664 g/mol. The van der Waals surface area contributed by atoms with Crippen molar-refractivity contribution in [2.45, 2.75) is 62.9 Å². The topological polar surface area (TPSA) is 168 Å². The van der Waals surface area contributed by atoms with Crippen molar-refractivity contribution in [3.8, 4) is 16.8 Å². The summed E-state index contributed by atoms with van der Waals surface area (Å²) in [7, 11) is 0. The second-order valence-electron chi connectivity index (χ2n) is 8.34. The highest BCUT2D eigenvalue weighted by Crippen LogP contribution is 2.34. The second kappa shape index (κ2) is 15.2. The van der Waals surface area contributed by atoms with E-state index in [1.54, 1.807) is 24.6 Å². The molecule has 218 valence electrons. The van der Waals surface area contributed by atoms with Crippen LogP contribution in [0.2, 0.25) is 5.15 Å². The Kier molecular flexibility index (Phi) is 12.0. The smallest absolute Gasteiger partial charge is 0.303 e. The highest BCUT2D eigenvalue weighted by atomic mass is 79.9. The van der Waals surface area contributed by atoms with Crippen molar-refractivity contribution in [2.75, 3.05) is 6.61 Å². The lowest BCUT2D eigenvalue weighted by molar-refractivity contribution is -0.170. The van der Waals surface area contributed by atoms with Crippen LogP contribution in [0.3, 0.4) is 0 Å². The standard InChI is InChI=1S/C24H24BrClN6O7S2/c1-12(37-14(3)34)20(10-36-13(2)33)39-24(41-21-5-16(25)7-28-17(21)6-27)19(38-15(4)35)9-32-8-18(30-31-32)23-29-22(26)11-40-23/h5,7-8,11-12,19-20,24H,9-10H2,1-4H3/t12-,19+,20?,24?/m1/s1. The van der Waals surface area contributed by atoms with Gasteiger partial charge in [0.25, 0.3) is 0 Å². The Hall–Kier alpha value is -3.10. The Bertz CT molecular complexity index is 1430. The average Bonchev–Trinajstić information content (AvgIpc) is 3.53. The molecule has 0 amide bonds. The third kappa shape index (κ3) is 10.0. The van der Waals surface area contributed by atoms with E-state index < -0.39 is 41.7 Å². The molecule has 0 aliphatic carbocycles. The lowest BCUT2D eigenvalue weighted by Gasteiger charge is -2.32. The van der Waals surface area contributed by atoms with Gasteiger partial charge in [-0.2, -0.15) is 5.26 Å². The number of esters is 3. The van der Waals surface area contributed by atoms with Crippen molar-refractivity contribution in [3.05, 3.63) is 39.2 Å². The van der Waals surface area contributed by atoms with E-state index in [2.05, 4.69) is 36.2 Å². The van der Waals surface area contributed by atoms with Crippen molar-refractivity contribution in [3.63, 3.8) is 0 Å². The lowest BCUT2D eigenvalue weighted by Crippen LogP contribution is -2.43. The van der Waals surface area contributed by atoms with E-state index in [0.717, 1.165) is 11.8 Å². The number of carbonyl (C=O) groups excluding carboxylic acids is 3. The van der Waals surface area contributed by atoms with Gasteiger partial charge in [0.05, 0.1) is 12.7 Å². The molecule has 4 atom stereocenters. The maximum Gasteiger partial charge on any atom is 0.303 e. The summed E-state index contributed by atoms with van der Waals surface area (Å²) in [5.74, 6) is -1.77. The molecule has 13 nitrogen and oxygen atoms in total. The van der Waals surface area contributed by atoms with Crippen molar-refractivity contribution < 1.29 is 33.3 Å². The molecule has 3 rings (SSSR count). The zero-order chi connectivity index (χ0) is 30.1. The number of hydrogen-bond donors (Lipinski definition) is 0. The van der Waals surface area contributed by atoms with Crippen LogP contribution in [-0.2, 0) is 39.9 Å². The minimum atomic E-state index is -1.04. The molecule has 0 aliphatic heterocycles. The third-order valence-electron chi connectivity index (χ3n) is 5.03. The van der Waals surface area contributed by atoms with E-state index in [1.807, 2.05) is 6.07 Å². The number of pyridine rings is 1. The summed E-state index contributed by atoms with van der Waals surface area (Å²) < 4.78 is 24.5. The van der Waals surface area contributed by atoms with Crippen LogP contribution in [0.4, 0.5) is 0 Å². The van der Waals surface area contributed by atoms with Gasteiger partial charge in [-0.05, 0) is 28.9 Å². The number of carbonyl (C=O) groups is 3. The molecule has 0 aliphatic rings. The molecule has 3 aromatic rings. The van der Waals surface area contributed by atoms with E-state index in [4.69, 9.17) is 30.5 Å². The van der Waals surface area contributed by atoms with E-state index in [0.29, 0.717) is 25.2 Å². The van der Waals surface area contributed by atoms with Gasteiger partial charge < -0.3 is 18.9 Å². The van der Waals surface area contributed by atoms with Crippen molar-refractivity contribution in [2.24, 2.45) is 0 Å². The van der Waals surface area contributed by atoms with Gasteiger partial charge in [0.15, 0.2) is 11.8 Å². The summed E-state index contributed by atoms with van der Waals surface area (Å²) in [6, 6.07) is 3.68. The molecule has 3 heterocycles. The van der Waals surface area contributed by atoms with Crippen LogP contribution in [-0.4, -0.2) is 73.2 Å². The molecule has 0 spiro atoms. The Labute approximate surface area is 256 Å². The van der Waals surface area contributed by atoms with Gasteiger partial charge >= 0.3 is 17.9 Å². The van der Waals surface area contributed by atoms with Crippen LogP contribution >= 0.6 is 50.6 Å². The van der Waals surface area contributed by atoms with Crippen molar-refractivity contribution in [1.82, 2.24) is 25.0 Å². The summed E-state index contributed by atoms with van der Waals surface area (Å²) in [5.41, 5.74) is -0.489. The molecule has 0 radical (unpaired) electrons. The second-order valence-corrected chi connectivity index (χ2v) is 11.6. The van der Waals surface area contributed by atoms with Gasteiger partial charge in [0.2, 0.25) is 0 Å². The van der Waals surface area contributed by atoms with Gasteiger partial charge in [-0.3, -0.25) is 14.4 Å². The first-order chi connectivity index (χ1) is 19.4. The molecule has 2 unspecified atom stereocenters.